The number of hydrogen-bond donors (Lipinski definition) is 1. The summed E-state index contributed by atoms with van der Waals surface area (Å²) in [5.41, 5.74) is 3.45. The molecule has 23 heavy (non-hydrogen) atoms. The summed E-state index contributed by atoms with van der Waals surface area (Å²) in [7, 11) is 0. The summed E-state index contributed by atoms with van der Waals surface area (Å²) in [5.74, 6) is 1.18. The van der Waals surface area contributed by atoms with Gasteiger partial charge in [0, 0.05) is 24.5 Å². The Labute approximate surface area is 133 Å². The van der Waals surface area contributed by atoms with Crippen LogP contribution in [-0.2, 0) is 0 Å². The Morgan fingerprint density at radius 2 is 2.17 bits per heavy atom. The molecule has 0 spiro atoms. The summed E-state index contributed by atoms with van der Waals surface area (Å²) in [6.45, 7) is 3.42. The van der Waals surface area contributed by atoms with E-state index in [0.717, 1.165) is 29.2 Å². The van der Waals surface area contributed by atoms with Gasteiger partial charge in [0.25, 0.3) is 5.91 Å². The van der Waals surface area contributed by atoms with Gasteiger partial charge < -0.3 is 0 Å². The van der Waals surface area contributed by atoms with Crippen molar-refractivity contribution < 1.29 is 4.79 Å². The minimum atomic E-state index is -0.222. The third-order valence-corrected chi connectivity index (χ3v) is 3.94. The maximum absolute atomic E-state index is 12.4. The van der Waals surface area contributed by atoms with Crippen LogP contribution in [-0.4, -0.2) is 40.7 Å². The third-order valence-electron chi connectivity index (χ3n) is 3.94. The van der Waals surface area contributed by atoms with Crippen molar-refractivity contribution in [3.8, 4) is 0 Å². The van der Waals surface area contributed by atoms with Crippen LogP contribution >= 0.6 is 0 Å². The summed E-state index contributed by atoms with van der Waals surface area (Å²) < 4.78 is 0. The molecule has 0 unspecified atom stereocenters. The molecule has 2 aliphatic heterocycles. The second-order valence-corrected chi connectivity index (χ2v) is 5.46. The number of amidine groups is 1. The number of aryl methyl sites for hydroxylation is 1. The van der Waals surface area contributed by atoms with E-state index in [1.807, 2.05) is 30.0 Å². The zero-order valence-electron chi connectivity index (χ0n) is 12.7. The average Bonchev–Trinajstić information content (AvgIpc) is 3.07. The number of para-hydroxylation sites is 1. The summed E-state index contributed by atoms with van der Waals surface area (Å²) in [4.78, 5) is 27.6. The Balaban J connectivity index is 1.73. The fourth-order valence-electron chi connectivity index (χ4n) is 2.80. The number of rotatable bonds is 1. The van der Waals surface area contributed by atoms with Gasteiger partial charge in [0.15, 0.2) is 0 Å². The van der Waals surface area contributed by atoms with Gasteiger partial charge in [-0.25, -0.2) is 4.99 Å². The van der Waals surface area contributed by atoms with E-state index in [9.17, 15) is 4.79 Å². The molecule has 3 heterocycles. The molecule has 2 aromatic rings. The standard InChI is InChI=1S/C17H15N5O/c1-11-4-2-6-13-14(11)20-17(22-9-8-19-15(13)22)21-16(23)12-5-3-7-18-10-12/h2-7,10H,8-9H2,1H3,(H,20,21,23). The summed E-state index contributed by atoms with van der Waals surface area (Å²) in [5, 5.41) is 2.89. The molecule has 0 radical (unpaired) electrons. The van der Waals surface area contributed by atoms with Gasteiger partial charge in [0.1, 0.15) is 5.84 Å². The van der Waals surface area contributed by atoms with Gasteiger partial charge in [-0.1, -0.05) is 12.1 Å². The second kappa shape index (κ2) is 5.31. The predicted molar refractivity (Wildman–Crippen MR) is 88.1 cm³/mol. The summed E-state index contributed by atoms with van der Waals surface area (Å²) in [6, 6.07) is 9.49. The lowest BCUT2D eigenvalue weighted by atomic mass is 10.1. The Hall–Kier alpha value is -3.02. The lowest BCUT2D eigenvalue weighted by Gasteiger charge is -2.28. The van der Waals surface area contributed by atoms with Crippen molar-refractivity contribution >= 4 is 23.4 Å². The first-order chi connectivity index (χ1) is 11.2. The molecule has 0 bridgehead atoms. The topological polar surface area (TPSA) is 70.0 Å². The summed E-state index contributed by atoms with van der Waals surface area (Å²) in [6.07, 6.45) is 3.18. The van der Waals surface area contributed by atoms with Gasteiger partial charge in [0.05, 0.1) is 17.8 Å². The molecule has 6 heteroatoms. The highest BCUT2D eigenvalue weighted by Crippen LogP contribution is 2.31. The Bertz CT molecular complexity index is 841. The van der Waals surface area contributed by atoms with Gasteiger partial charge in [-0.15, -0.1) is 0 Å². The quantitative estimate of drug-likeness (QED) is 0.874. The molecule has 114 valence electrons. The van der Waals surface area contributed by atoms with Crippen LogP contribution in [0.15, 0.2) is 52.7 Å². The maximum atomic E-state index is 12.4. The highest BCUT2D eigenvalue weighted by Gasteiger charge is 2.31. The molecule has 0 fully saturated rings. The van der Waals surface area contributed by atoms with Crippen LogP contribution in [0.5, 0.6) is 0 Å². The first-order valence-electron chi connectivity index (χ1n) is 7.46. The predicted octanol–water partition coefficient (Wildman–Crippen LogP) is 1.88. The summed E-state index contributed by atoms with van der Waals surface area (Å²) >= 11 is 0. The van der Waals surface area contributed by atoms with Crippen molar-refractivity contribution in [3.05, 3.63) is 59.4 Å². The van der Waals surface area contributed by atoms with Gasteiger partial charge in [-0.05, 0) is 30.7 Å². The Morgan fingerprint density at radius 1 is 1.26 bits per heavy atom. The van der Waals surface area contributed by atoms with Crippen LogP contribution in [0.3, 0.4) is 0 Å². The maximum Gasteiger partial charge on any atom is 0.259 e. The molecule has 1 aromatic carbocycles. The average molecular weight is 305 g/mol. The van der Waals surface area contributed by atoms with Gasteiger partial charge in [0.2, 0.25) is 5.96 Å². The van der Waals surface area contributed by atoms with Gasteiger partial charge in [-0.3, -0.25) is 25.0 Å². The van der Waals surface area contributed by atoms with Crippen molar-refractivity contribution in [2.75, 3.05) is 13.1 Å². The fraction of sp³-hybridized carbons (Fsp3) is 0.176. The van der Waals surface area contributed by atoms with E-state index in [-0.39, 0.29) is 5.91 Å². The van der Waals surface area contributed by atoms with Crippen LogP contribution in [0.4, 0.5) is 5.69 Å². The zero-order chi connectivity index (χ0) is 15.8. The van der Waals surface area contributed by atoms with Crippen molar-refractivity contribution in [2.45, 2.75) is 6.92 Å². The molecule has 0 aliphatic carbocycles. The number of amides is 1. The number of hydrogen-bond acceptors (Lipinski definition) is 5. The molecular formula is C17H15N5O. The molecule has 1 N–H and O–H groups in total. The number of benzene rings is 1. The van der Waals surface area contributed by atoms with Crippen LogP contribution < -0.4 is 5.32 Å². The zero-order valence-corrected chi connectivity index (χ0v) is 12.7. The van der Waals surface area contributed by atoms with Crippen molar-refractivity contribution in [2.24, 2.45) is 9.98 Å². The number of carbonyl (C=O) groups excluding carboxylic acids is 1. The van der Waals surface area contributed by atoms with Crippen LogP contribution in [0.25, 0.3) is 0 Å². The smallest absolute Gasteiger partial charge is 0.259 e. The van der Waals surface area contributed by atoms with E-state index in [4.69, 9.17) is 0 Å². The van der Waals surface area contributed by atoms with E-state index in [1.54, 1.807) is 18.3 Å². The highest BCUT2D eigenvalue weighted by atomic mass is 16.1. The molecular weight excluding hydrogens is 290 g/mol. The minimum Gasteiger partial charge on any atom is -0.294 e. The molecule has 1 amide bonds. The Morgan fingerprint density at radius 3 is 3.00 bits per heavy atom. The van der Waals surface area contributed by atoms with E-state index in [2.05, 4.69) is 20.3 Å². The number of nitrogens with zero attached hydrogens (tertiary/aromatic N) is 4. The molecule has 0 atom stereocenters. The number of guanidine groups is 1. The van der Waals surface area contributed by atoms with Crippen molar-refractivity contribution in [1.29, 1.82) is 0 Å². The normalized spacial score (nSPS) is 15.4. The van der Waals surface area contributed by atoms with Crippen molar-refractivity contribution in [1.82, 2.24) is 15.2 Å². The lowest BCUT2D eigenvalue weighted by Crippen LogP contribution is -2.47. The van der Waals surface area contributed by atoms with Crippen molar-refractivity contribution in [3.63, 3.8) is 0 Å². The number of aromatic nitrogens is 1. The molecule has 4 rings (SSSR count). The molecule has 2 aliphatic rings. The number of fused-ring (bicyclic) bond motifs is 3. The minimum absolute atomic E-state index is 0.222. The Kier molecular flexibility index (Phi) is 3.15. The van der Waals surface area contributed by atoms with Crippen LogP contribution in [0.1, 0.15) is 21.5 Å². The number of pyridine rings is 1. The number of carbonyl (C=O) groups is 1. The third kappa shape index (κ3) is 2.28. The number of aliphatic imine (C=N–C) groups is 2. The number of nitrogens with one attached hydrogen (secondary N) is 1. The van der Waals surface area contributed by atoms with Gasteiger partial charge in [-0.2, -0.15) is 0 Å². The fourth-order valence-corrected chi connectivity index (χ4v) is 2.80. The highest BCUT2D eigenvalue weighted by molar-refractivity contribution is 6.19. The van der Waals surface area contributed by atoms with E-state index < -0.39 is 0 Å². The molecule has 1 aromatic heterocycles. The molecule has 6 nitrogen and oxygen atoms in total. The van der Waals surface area contributed by atoms with Crippen LogP contribution in [0.2, 0.25) is 0 Å². The first kappa shape index (κ1) is 13.6. The molecule has 0 saturated heterocycles. The molecule has 0 saturated carbocycles. The SMILES string of the molecule is Cc1cccc2c1N=C(NC(=O)c1cccnc1)N1CCN=C21. The lowest BCUT2D eigenvalue weighted by molar-refractivity contribution is 0.0973. The second-order valence-electron chi connectivity index (χ2n) is 5.46. The monoisotopic (exact) mass is 305 g/mol. The van der Waals surface area contributed by atoms with E-state index in [1.165, 1.54) is 6.20 Å². The first-order valence-corrected chi connectivity index (χ1v) is 7.46. The van der Waals surface area contributed by atoms with Crippen LogP contribution in [0, 0.1) is 6.92 Å². The largest absolute Gasteiger partial charge is 0.294 e. The van der Waals surface area contributed by atoms with Gasteiger partial charge >= 0.3 is 0 Å². The van der Waals surface area contributed by atoms with E-state index >= 15 is 0 Å². The van der Waals surface area contributed by atoms with E-state index in [0.29, 0.717) is 18.1 Å².